The third-order valence-corrected chi connectivity index (χ3v) is 4.03. The Labute approximate surface area is 121 Å². The molecule has 0 unspecified atom stereocenters. The van der Waals surface area contributed by atoms with E-state index in [2.05, 4.69) is 4.98 Å². The summed E-state index contributed by atoms with van der Waals surface area (Å²) < 4.78 is 38.0. The van der Waals surface area contributed by atoms with Gasteiger partial charge in [0.15, 0.2) is 5.03 Å². The zero-order valence-corrected chi connectivity index (χ0v) is 12.5. The van der Waals surface area contributed by atoms with Crippen LogP contribution < -0.4 is 0 Å². The van der Waals surface area contributed by atoms with Gasteiger partial charge in [-0.05, 0) is 12.5 Å². The molecule has 108 valence electrons. The average molecular weight is 317 g/mol. The van der Waals surface area contributed by atoms with Crippen molar-refractivity contribution in [3.8, 4) is 0 Å². The molecule has 2 aromatic rings. The van der Waals surface area contributed by atoms with Gasteiger partial charge >= 0.3 is 0 Å². The maximum atomic E-state index is 13.7. The summed E-state index contributed by atoms with van der Waals surface area (Å²) in [6.45, 7) is 2.18. The number of hydrogen-bond acceptors (Lipinski definition) is 3. The second kappa shape index (κ2) is 5.93. The zero-order valence-electron chi connectivity index (χ0n) is 10.9. The van der Waals surface area contributed by atoms with Gasteiger partial charge in [-0.2, -0.15) is 0 Å². The van der Waals surface area contributed by atoms with Gasteiger partial charge in [-0.15, -0.1) is 0 Å². The molecule has 0 bridgehead atoms. The van der Waals surface area contributed by atoms with E-state index >= 15 is 0 Å². The smallest absolute Gasteiger partial charge is 0.280 e. The molecule has 4 nitrogen and oxygen atoms in total. The minimum atomic E-state index is -3.88. The summed E-state index contributed by atoms with van der Waals surface area (Å²) in [7, 11) is 1.42. The lowest BCUT2D eigenvalue weighted by atomic mass is 10.2. The molecule has 2 rings (SSSR count). The van der Waals surface area contributed by atoms with E-state index in [0.717, 1.165) is 6.42 Å². The molecule has 0 atom stereocenters. The molecular weight excluding hydrogens is 303 g/mol. The van der Waals surface area contributed by atoms with Crippen molar-refractivity contribution in [3.05, 3.63) is 47.7 Å². The third kappa shape index (κ3) is 3.37. The van der Waals surface area contributed by atoms with Crippen molar-refractivity contribution >= 4 is 19.7 Å². The van der Waals surface area contributed by atoms with Crippen LogP contribution in [0.2, 0.25) is 0 Å². The van der Waals surface area contributed by atoms with Crippen LogP contribution in [0.3, 0.4) is 0 Å². The highest BCUT2D eigenvalue weighted by Crippen LogP contribution is 2.18. The van der Waals surface area contributed by atoms with Crippen LogP contribution in [0, 0.1) is 5.82 Å². The zero-order chi connectivity index (χ0) is 14.8. The van der Waals surface area contributed by atoms with Crippen molar-refractivity contribution in [2.24, 2.45) is 0 Å². The second-order valence-corrected chi connectivity index (χ2v) is 6.92. The van der Waals surface area contributed by atoms with E-state index in [1.54, 1.807) is 22.8 Å². The van der Waals surface area contributed by atoms with Crippen LogP contribution in [0.25, 0.3) is 0 Å². The van der Waals surface area contributed by atoms with Crippen molar-refractivity contribution in [1.29, 1.82) is 0 Å². The number of halogens is 2. The van der Waals surface area contributed by atoms with E-state index in [-0.39, 0.29) is 17.4 Å². The number of aryl methyl sites for hydroxylation is 1. The molecule has 0 fully saturated rings. The van der Waals surface area contributed by atoms with E-state index in [9.17, 15) is 12.8 Å². The fourth-order valence-electron chi connectivity index (χ4n) is 1.92. The summed E-state index contributed by atoms with van der Waals surface area (Å²) in [4.78, 5) is 4.02. The first kappa shape index (κ1) is 15.0. The van der Waals surface area contributed by atoms with Gasteiger partial charge in [-0.3, -0.25) is 0 Å². The lowest BCUT2D eigenvalue weighted by Crippen LogP contribution is -2.05. The molecular formula is C13H14ClFN2O2S. The Hall–Kier alpha value is -1.40. The monoisotopic (exact) mass is 316 g/mol. The standard InChI is InChI=1S/C13H14ClFN2O2S/c1-2-5-12-16-13(20(14,18)19)9-17(12)8-10-6-3-4-7-11(10)15/h3-4,6-7,9H,2,5,8H2,1H3. The summed E-state index contributed by atoms with van der Waals surface area (Å²) in [5, 5.41) is -0.195. The minimum Gasteiger partial charge on any atom is -0.329 e. The highest BCUT2D eigenvalue weighted by atomic mass is 35.7. The number of nitrogens with zero attached hydrogens (tertiary/aromatic N) is 2. The number of hydrogen-bond donors (Lipinski definition) is 0. The molecule has 7 heteroatoms. The number of imidazole rings is 1. The van der Waals surface area contributed by atoms with Gasteiger partial charge in [0.05, 0.1) is 6.54 Å². The molecule has 1 aromatic heterocycles. The Kier molecular flexibility index (Phi) is 4.45. The predicted molar refractivity (Wildman–Crippen MR) is 74.8 cm³/mol. The van der Waals surface area contributed by atoms with E-state index in [1.165, 1.54) is 12.3 Å². The van der Waals surface area contributed by atoms with Crippen molar-refractivity contribution in [2.75, 3.05) is 0 Å². The van der Waals surface area contributed by atoms with Crippen molar-refractivity contribution in [2.45, 2.75) is 31.3 Å². The molecule has 0 aliphatic carbocycles. The van der Waals surface area contributed by atoms with Gasteiger partial charge in [0.1, 0.15) is 11.6 Å². The van der Waals surface area contributed by atoms with E-state index in [0.29, 0.717) is 17.8 Å². The molecule has 1 aromatic carbocycles. The van der Waals surface area contributed by atoms with Gasteiger partial charge in [0.2, 0.25) is 0 Å². The molecule has 0 aliphatic heterocycles. The Morgan fingerprint density at radius 2 is 2.05 bits per heavy atom. The first-order valence-electron chi connectivity index (χ1n) is 6.16. The Morgan fingerprint density at radius 1 is 1.35 bits per heavy atom. The first-order valence-corrected chi connectivity index (χ1v) is 8.47. The minimum absolute atomic E-state index is 0.195. The van der Waals surface area contributed by atoms with Crippen molar-refractivity contribution < 1.29 is 12.8 Å². The number of benzene rings is 1. The predicted octanol–water partition coefficient (Wildman–Crippen LogP) is 2.95. The van der Waals surface area contributed by atoms with E-state index < -0.39 is 9.05 Å². The lowest BCUT2D eigenvalue weighted by Gasteiger charge is -2.07. The summed E-state index contributed by atoms with van der Waals surface area (Å²) >= 11 is 0. The summed E-state index contributed by atoms with van der Waals surface area (Å²) in [5.41, 5.74) is 0.473. The molecule has 1 heterocycles. The topological polar surface area (TPSA) is 52.0 Å². The maximum absolute atomic E-state index is 13.7. The normalized spacial score (nSPS) is 11.8. The molecule has 0 saturated heterocycles. The molecule has 0 radical (unpaired) electrons. The fraction of sp³-hybridized carbons (Fsp3) is 0.308. The molecule has 0 saturated carbocycles. The van der Waals surface area contributed by atoms with Crippen LogP contribution in [0.15, 0.2) is 35.5 Å². The Balaban J connectivity index is 2.40. The third-order valence-electron chi connectivity index (χ3n) is 2.86. The lowest BCUT2D eigenvalue weighted by molar-refractivity contribution is 0.593. The Bertz CT molecular complexity index is 713. The number of rotatable bonds is 5. The van der Waals surface area contributed by atoms with Crippen molar-refractivity contribution in [3.63, 3.8) is 0 Å². The van der Waals surface area contributed by atoms with Gasteiger partial charge in [0.25, 0.3) is 9.05 Å². The fourth-order valence-corrected chi connectivity index (χ4v) is 2.61. The average Bonchev–Trinajstić information content (AvgIpc) is 2.76. The van der Waals surface area contributed by atoms with Crippen LogP contribution >= 0.6 is 10.7 Å². The van der Waals surface area contributed by atoms with Gasteiger partial charge in [0, 0.05) is 28.9 Å². The first-order chi connectivity index (χ1) is 9.41. The quantitative estimate of drug-likeness (QED) is 0.797. The van der Waals surface area contributed by atoms with Gasteiger partial charge in [-0.25, -0.2) is 17.8 Å². The highest BCUT2D eigenvalue weighted by molar-refractivity contribution is 8.13. The summed E-state index contributed by atoms with van der Waals surface area (Å²) in [5.74, 6) is 0.244. The van der Waals surface area contributed by atoms with Crippen LogP contribution in [0.4, 0.5) is 4.39 Å². The van der Waals surface area contributed by atoms with E-state index in [4.69, 9.17) is 10.7 Å². The summed E-state index contributed by atoms with van der Waals surface area (Å²) in [6, 6.07) is 6.35. The molecule has 20 heavy (non-hydrogen) atoms. The molecule has 0 spiro atoms. The van der Waals surface area contributed by atoms with Crippen LogP contribution in [-0.2, 0) is 22.0 Å². The molecule has 0 aliphatic rings. The highest BCUT2D eigenvalue weighted by Gasteiger charge is 2.18. The van der Waals surface area contributed by atoms with Gasteiger partial charge < -0.3 is 4.57 Å². The van der Waals surface area contributed by atoms with Crippen molar-refractivity contribution in [1.82, 2.24) is 9.55 Å². The van der Waals surface area contributed by atoms with Crippen LogP contribution in [-0.4, -0.2) is 18.0 Å². The van der Waals surface area contributed by atoms with E-state index in [1.807, 2.05) is 6.92 Å². The SMILES string of the molecule is CCCc1nc(S(=O)(=O)Cl)cn1Cc1ccccc1F. The number of aromatic nitrogens is 2. The van der Waals surface area contributed by atoms with Crippen LogP contribution in [0.5, 0.6) is 0 Å². The Morgan fingerprint density at radius 3 is 2.65 bits per heavy atom. The largest absolute Gasteiger partial charge is 0.329 e. The molecule has 0 N–H and O–H groups in total. The maximum Gasteiger partial charge on any atom is 0.280 e. The van der Waals surface area contributed by atoms with Gasteiger partial charge in [-0.1, -0.05) is 25.1 Å². The van der Waals surface area contributed by atoms with Crippen LogP contribution in [0.1, 0.15) is 24.7 Å². The second-order valence-electron chi connectivity index (χ2n) is 4.40. The molecule has 0 amide bonds. The summed E-state index contributed by atoms with van der Waals surface area (Å²) in [6.07, 6.45) is 2.75.